The number of carbonyl (C=O) groups excluding carboxylic acids is 1. The van der Waals surface area contributed by atoms with Gasteiger partial charge in [0, 0.05) is 18.9 Å². The average Bonchev–Trinajstić information content (AvgIpc) is 2.44. The number of fused-ring (bicyclic) bond motifs is 1. The van der Waals surface area contributed by atoms with Crippen molar-refractivity contribution >= 4 is 11.6 Å². The lowest BCUT2D eigenvalue weighted by atomic mass is 10.2. The van der Waals surface area contributed by atoms with Crippen LogP contribution in [0.2, 0.25) is 0 Å². The van der Waals surface area contributed by atoms with Gasteiger partial charge >= 0.3 is 0 Å². The Morgan fingerprint density at radius 3 is 3.05 bits per heavy atom. The number of rotatable bonds is 5. The minimum absolute atomic E-state index is 0.0192. The molecule has 6 nitrogen and oxygen atoms in total. The van der Waals surface area contributed by atoms with Gasteiger partial charge in [-0.25, -0.2) is 4.98 Å². The first-order valence-electron chi connectivity index (χ1n) is 6.52. The maximum absolute atomic E-state index is 12.1. The van der Waals surface area contributed by atoms with Crippen molar-refractivity contribution in [2.45, 2.75) is 25.9 Å². The Hall–Kier alpha value is -2.21. The Labute approximate surface area is 116 Å². The Kier molecular flexibility index (Phi) is 4.47. The van der Waals surface area contributed by atoms with E-state index in [1.807, 2.05) is 0 Å². The minimum Gasteiger partial charge on any atom is -0.393 e. The molecule has 0 aromatic carbocycles. The Bertz CT molecular complexity index is 664. The number of amides is 1. The van der Waals surface area contributed by atoms with Crippen molar-refractivity contribution in [3.8, 4) is 0 Å². The molecule has 1 unspecified atom stereocenters. The van der Waals surface area contributed by atoms with Gasteiger partial charge in [-0.3, -0.25) is 14.0 Å². The van der Waals surface area contributed by atoms with Crippen LogP contribution >= 0.6 is 0 Å². The van der Waals surface area contributed by atoms with Crippen molar-refractivity contribution in [3.05, 3.63) is 46.5 Å². The van der Waals surface area contributed by atoms with Crippen LogP contribution in [-0.2, 0) is 0 Å². The van der Waals surface area contributed by atoms with Crippen molar-refractivity contribution in [3.63, 3.8) is 0 Å². The molecule has 0 bridgehead atoms. The molecule has 1 atom stereocenters. The van der Waals surface area contributed by atoms with E-state index in [1.54, 1.807) is 31.3 Å². The van der Waals surface area contributed by atoms with Crippen LogP contribution in [0.1, 0.15) is 30.1 Å². The van der Waals surface area contributed by atoms with E-state index in [4.69, 9.17) is 5.11 Å². The number of aliphatic hydroxyl groups is 1. The quantitative estimate of drug-likeness (QED) is 0.782. The Morgan fingerprint density at radius 2 is 2.30 bits per heavy atom. The van der Waals surface area contributed by atoms with Crippen molar-refractivity contribution < 1.29 is 9.90 Å². The summed E-state index contributed by atoms with van der Waals surface area (Å²) in [7, 11) is 0. The van der Waals surface area contributed by atoms with Crippen molar-refractivity contribution in [1.82, 2.24) is 14.7 Å². The number of hydrogen-bond donors (Lipinski definition) is 2. The molecule has 2 rings (SSSR count). The first-order chi connectivity index (χ1) is 9.59. The summed E-state index contributed by atoms with van der Waals surface area (Å²) in [6.07, 6.45) is 3.75. The van der Waals surface area contributed by atoms with Gasteiger partial charge in [0.05, 0.1) is 6.10 Å². The van der Waals surface area contributed by atoms with Crippen molar-refractivity contribution in [2.24, 2.45) is 0 Å². The number of nitrogens with zero attached hydrogens (tertiary/aromatic N) is 2. The number of pyridine rings is 1. The minimum atomic E-state index is -0.439. The zero-order valence-electron chi connectivity index (χ0n) is 11.2. The SMILES string of the molecule is CC(O)CCCNC(=O)c1cnc2ccccn2c1=O. The molecular weight excluding hydrogens is 258 g/mol. The monoisotopic (exact) mass is 275 g/mol. The lowest BCUT2D eigenvalue weighted by Crippen LogP contribution is -2.32. The van der Waals surface area contributed by atoms with Crippen LogP contribution in [0.25, 0.3) is 5.65 Å². The first kappa shape index (κ1) is 14.2. The summed E-state index contributed by atoms with van der Waals surface area (Å²) >= 11 is 0. The molecule has 0 spiro atoms. The van der Waals surface area contributed by atoms with Gasteiger partial charge in [-0.2, -0.15) is 0 Å². The van der Waals surface area contributed by atoms with Gasteiger partial charge in [-0.15, -0.1) is 0 Å². The van der Waals surface area contributed by atoms with Crippen LogP contribution in [-0.4, -0.2) is 33.0 Å². The molecule has 0 aliphatic carbocycles. The molecule has 0 saturated heterocycles. The third kappa shape index (κ3) is 3.21. The number of nitrogens with one attached hydrogen (secondary N) is 1. The van der Waals surface area contributed by atoms with Gasteiger partial charge in [-0.05, 0) is 31.9 Å². The summed E-state index contributed by atoms with van der Waals surface area (Å²) < 4.78 is 1.34. The predicted molar refractivity (Wildman–Crippen MR) is 74.7 cm³/mol. The first-order valence-corrected chi connectivity index (χ1v) is 6.52. The van der Waals surface area contributed by atoms with Crippen LogP contribution in [0.15, 0.2) is 35.4 Å². The van der Waals surface area contributed by atoms with Crippen molar-refractivity contribution in [2.75, 3.05) is 6.54 Å². The summed E-state index contributed by atoms with van der Waals surface area (Å²) in [6.45, 7) is 2.11. The topological polar surface area (TPSA) is 83.7 Å². The number of aliphatic hydroxyl groups excluding tert-OH is 1. The van der Waals surface area contributed by atoms with Gasteiger partial charge in [0.25, 0.3) is 11.5 Å². The number of aromatic nitrogens is 2. The van der Waals surface area contributed by atoms with Crippen LogP contribution in [0.5, 0.6) is 0 Å². The maximum atomic E-state index is 12.1. The number of hydrogen-bond acceptors (Lipinski definition) is 4. The van der Waals surface area contributed by atoms with E-state index in [2.05, 4.69) is 10.3 Å². The smallest absolute Gasteiger partial charge is 0.270 e. The lowest BCUT2D eigenvalue weighted by molar-refractivity contribution is 0.0947. The molecule has 2 N–H and O–H groups in total. The van der Waals surface area contributed by atoms with E-state index in [1.165, 1.54) is 10.6 Å². The van der Waals surface area contributed by atoms with E-state index < -0.39 is 5.91 Å². The molecule has 6 heteroatoms. The highest BCUT2D eigenvalue weighted by Gasteiger charge is 2.12. The van der Waals surface area contributed by atoms with E-state index in [0.29, 0.717) is 25.0 Å². The highest BCUT2D eigenvalue weighted by Crippen LogP contribution is 1.98. The second-order valence-corrected chi connectivity index (χ2v) is 4.65. The van der Waals surface area contributed by atoms with Gasteiger partial charge < -0.3 is 10.4 Å². The molecule has 2 aromatic rings. The molecule has 1 amide bonds. The van der Waals surface area contributed by atoms with Crippen LogP contribution in [0.3, 0.4) is 0 Å². The third-order valence-electron chi connectivity index (χ3n) is 2.94. The summed E-state index contributed by atoms with van der Waals surface area (Å²) in [4.78, 5) is 28.1. The molecule has 20 heavy (non-hydrogen) atoms. The zero-order chi connectivity index (χ0) is 14.5. The predicted octanol–water partition coefficient (Wildman–Crippen LogP) is 0.585. The molecule has 2 heterocycles. The second-order valence-electron chi connectivity index (χ2n) is 4.65. The molecule has 0 aliphatic rings. The molecule has 0 fully saturated rings. The largest absolute Gasteiger partial charge is 0.393 e. The maximum Gasteiger partial charge on any atom is 0.270 e. The summed E-state index contributed by atoms with van der Waals surface area (Å²) in [5, 5.41) is 11.8. The highest BCUT2D eigenvalue weighted by molar-refractivity contribution is 5.93. The molecule has 0 radical (unpaired) electrons. The van der Waals surface area contributed by atoms with E-state index >= 15 is 0 Å². The summed E-state index contributed by atoms with van der Waals surface area (Å²) in [5.74, 6) is -0.439. The molecule has 2 aromatic heterocycles. The van der Waals surface area contributed by atoms with Crippen molar-refractivity contribution in [1.29, 1.82) is 0 Å². The summed E-state index contributed by atoms with van der Waals surface area (Å²) in [6, 6.07) is 5.18. The fraction of sp³-hybridized carbons (Fsp3) is 0.357. The normalized spacial score (nSPS) is 12.3. The van der Waals surface area contributed by atoms with Crippen LogP contribution in [0.4, 0.5) is 0 Å². The van der Waals surface area contributed by atoms with E-state index in [-0.39, 0.29) is 17.2 Å². The lowest BCUT2D eigenvalue weighted by Gasteiger charge is -2.07. The van der Waals surface area contributed by atoms with Crippen LogP contribution < -0.4 is 10.9 Å². The average molecular weight is 275 g/mol. The molecule has 0 saturated carbocycles. The van der Waals surface area contributed by atoms with Gasteiger partial charge in [0.2, 0.25) is 0 Å². The van der Waals surface area contributed by atoms with Gasteiger partial charge in [-0.1, -0.05) is 6.07 Å². The van der Waals surface area contributed by atoms with E-state index in [9.17, 15) is 9.59 Å². The third-order valence-corrected chi connectivity index (χ3v) is 2.94. The molecule has 0 aliphatic heterocycles. The second kappa shape index (κ2) is 6.29. The zero-order valence-corrected chi connectivity index (χ0v) is 11.2. The van der Waals surface area contributed by atoms with Gasteiger partial charge in [0.15, 0.2) is 0 Å². The fourth-order valence-electron chi connectivity index (χ4n) is 1.88. The van der Waals surface area contributed by atoms with Crippen LogP contribution in [0, 0.1) is 0 Å². The van der Waals surface area contributed by atoms with E-state index in [0.717, 1.165) is 0 Å². The molecular formula is C14H17N3O3. The number of carbonyl (C=O) groups is 1. The highest BCUT2D eigenvalue weighted by atomic mass is 16.3. The standard InChI is InChI=1S/C14H17N3O3/c1-10(18)5-4-7-15-13(19)11-9-16-12-6-2-3-8-17(12)14(11)20/h2-3,6,8-10,18H,4-5,7H2,1H3,(H,15,19). The summed E-state index contributed by atoms with van der Waals surface area (Å²) in [5.41, 5.74) is 0.137. The Morgan fingerprint density at radius 1 is 1.50 bits per heavy atom. The molecule has 106 valence electrons. The van der Waals surface area contributed by atoms with Gasteiger partial charge in [0.1, 0.15) is 11.2 Å². The fourth-order valence-corrected chi connectivity index (χ4v) is 1.88. The Balaban J connectivity index is 2.11.